The highest BCUT2D eigenvalue weighted by Gasteiger charge is 2.11. The Hall–Kier alpha value is -0.0800. The van der Waals surface area contributed by atoms with Crippen LogP contribution >= 0.6 is 0 Å². The zero-order chi connectivity index (χ0) is 8.91. The number of nitrogens with two attached hydrogens (primary N) is 1. The SMILES string of the molecule is CCN(CC)CCC(C)(C)N. The third-order valence-electron chi connectivity index (χ3n) is 1.97. The standard InChI is InChI=1S/C9H22N2/c1-5-11(6-2)8-7-9(3,4)10/h5-8,10H2,1-4H3. The molecule has 0 aliphatic heterocycles. The quantitative estimate of drug-likeness (QED) is 0.656. The van der Waals surface area contributed by atoms with Crippen LogP contribution in [0, 0.1) is 0 Å². The number of rotatable bonds is 5. The van der Waals surface area contributed by atoms with E-state index in [0.717, 1.165) is 26.1 Å². The smallest absolute Gasteiger partial charge is 0.0109 e. The van der Waals surface area contributed by atoms with Crippen molar-refractivity contribution in [2.45, 2.75) is 39.7 Å². The summed E-state index contributed by atoms with van der Waals surface area (Å²) >= 11 is 0. The van der Waals surface area contributed by atoms with Crippen LogP contribution in [0.1, 0.15) is 34.1 Å². The van der Waals surface area contributed by atoms with Gasteiger partial charge in [-0.1, -0.05) is 13.8 Å². The highest BCUT2D eigenvalue weighted by atomic mass is 15.1. The van der Waals surface area contributed by atoms with Crippen molar-refractivity contribution in [1.29, 1.82) is 0 Å². The average Bonchev–Trinajstić information content (AvgIpc) is 1.88. The monoisotopic (exact) mass is 158 g/mol. The van der Waals surface area contributed by atoms with E-state index in [1.165, 1.54) is 0 Å². The van der Waals surface area contributed by atoms with E-state index in [0.29, 0.717) is 0 Å². The van der Waals surface area contributed by atoms with E-state index in [2.05, 4.69) is 32.6 Å². The van der Waals surface area contributed by atoms with E-state index in [-0.39, 0.29) is 5.54 Å². The van der Waals surface area contributed by atoms with Crippen LogP contribution in [0.5, 0.6) is 0 Å². The molecule has 0 atom stereocenters. The van der Waals surface area contributed by atoms with Crippen LogP contribution in [0.2, 0.25) is 0 Å². The second-order valence-electron chi connectivity index (χ2n) is 3.77. The number of hydrogen-bond donors (Lipinski definition) is 1. The van der Waals surface area contributed by atoms with E-state index in [4.69, 9.17) is 5.73 Å². The van der Waals surface area contributed by atoms with Crippen LogP contribution in [-0.4, -0.2) is 30.1 Å². The number of nitrogens with zero attached hydrogens (tertiary/aromatic N) is 1. The predicted molar refractivity (Wildman–Crippen MR) is 50.7 cm³/mol. The minimum absolute atomic E-state index is 0.0113. The normalized spacial score (nSPS) is 12.5. The van der Waals surface area contributed by atoms with Crippen LogP contribution in [0.15, 0.2) is 0 Å². The molecule has 0 spiro atoms. The molecule has 0 aromatic heterocycles. The predicted octanol–water partition coefficient (Wildman–Crippen LogP) is 1.46. The molecular formula is C9H22N2. The highest BCUT2D eigenvalue weighted by molar-refractivity contribution is 4.73. The fourth-order valence-electron chi connectivity index (χ4n) is 0.986. The summed E-state index contributed by atoms with van der Waals surface area (Å²) in [6.45, 7) is 11.9. The lowest BCUT2D eigenvalue weighted by Gasteiger charge is -2.24. The molecule has 2 N–H and O–H groups in total. The van der Waals surface area contributed by atoms with Crippen molar-refractivity contribution < 1.29 is 0 Å². The summed E-state index contributed by atoms with van der Waals surface area (Å²) in [4.78, 5) is 2.40. The molecule has 0 fully saturated rings. The lowest BCUT2D eigenvalue weighted by molar-refractivity contribution is 0.272. The van der Waals surface area contributed by atoms with Gasteiger partial charge in [0.05, 0.1) is 0 Å². The molecule has 0 aliphatic rings. The molecule has 0 unspecified atom stereocenters. The van der Waals surface area contributed by atoms with Crippen molar-refractivity contribution in [3.63, 3.8) is 0 Å². The summed E-state index contributed by atoms with van der Waals surface area (Å²) in [6.07, 6.45) is 1.08. The Morgan fingerprint density at radius 2 is 1.64 bits per heavy atom. The van der Waals surface area contributed by atoms with Crippen molar-refractivity contribution in [2.24, 2.45) is 5.73 Å². The summed E-state index contributed by atoms with van der Waals surface area (Å²) in [6, 6.07) is 0. The Morgan fingerprint density at radius 3 is 1.91 bits per heavy atom. The molecular weight excluding hydrogens is 136 g/mol. The van der Waals surface area contributed by atoms with Gasteiger partial charge in [-0.05, 0) is 39.9 Å². The van der Waals surface area contributed by atoms with E-state index in [9.17, 15) is 0 Å². The Kier molecular flexibility index (Phi) is 4.69. The lowest BCUT2D eigenvalue weighted by Crippen LogP contribution is -2.37. The summed E-state index contributed by atoms with van der Waals surface area (Å²) in [5.74, 6) is 0. The summed E-state index contributed by atoms with van der Waals surface area (Å²) in [5, 5.41) is 0. The molecule has 0 saturated carbocycles. The summed E-state index contributed by atoms with van der Waals surface area (Å²) in [7, 11) is 0. The Bertz CT molecular complexity index is 90.2. The third-order valence-corrected chi connectivity index (χ3v) is 1.97. The van der Waals surface area contributed by atoms with Gasteiger partial charge in [0.25, 0.3) is 0 Å². The Morgan fingerprint density at radius 1 is 1.18 bits per heavy atom. The van der Waals surface area contributed by atoms with Gasteiger partial charge in [-0.3, -0.25) is 0 Å². The first-order valence-corrected chi connectivity index (χ1v) is 4.51. The Labute approximate surface area is 70.8 Å². The topological polar surface area (TPSA) is 29.3 Å². The molecule has 2 heteroatoms. The second-order valence-corrected chi connectivity index (χ2v) is 3.77. The van der Waals surface area contributed by atoms with Gasteiger partial charge in [0.1, 0.15) is 0 Å². The molecule has 0 aliphatic carbocycles. The largest absolute Gasteiger partial charge is 0.326 e. The third kappa shape index (κ3) is 6.32. The van der Waals surface area contributed by atoms with Crippen LogP contribution in [0.3, 0.4) is 0 Å². The van der Waals surface area contributed by atoms with Crippen molar-refractivity contribution in [1.82, 2.24) is 4.90 Å². The second kappa shape index (κ2) is 4.73. The zero-order valence-electron chi connectivity index (χ0n) is 8.35. The summed E-state index contributed by atoms with van der Waals surface area (Å²) in [5.41, 5.74) is 5.86. The molecule has 0 bridgehead atoms. The molecule has 0 radical (unpaired) electrons. The minimum atomic E-state index is -0.0113. The first kappa shape index (κ1) is 10.9. The van der Waals surface area contributed by atoms with Crippen LogP contribution in [-0.2, 0) is 0 Å². The first-order valence-electron chi connectivity index (χ1n) is 4.51. The van der Waals surface area contributed by atoms with Crippen molar-refractivity contribution in [2.75, 3.05) is 19.6 Å². The van der Waals surface area contributed by atoms with Gasteiger partial charge in [-0.2, -0.15) is 0 Å². The maximum atomic E-state index is 5.87. The highest BCUT2D eigenvalue weighted by Crippen LogP contribution is 2.04. The number of hydrogen-bond acceptors (Lipinski definition) is 2. The molecule has 0 amide bonds. The molecule has 68 valence electrons. The minimum Gasteiger partial charge on any atom is -0.326 e. The van der Waals surface area contributed by atoms with Gasteiger partial charge in [-0.15, -0.1) is 0 Å². The van der Waals surface area contributed by atoms with Crippen molar-refractivity contribution >= 4 is 0 Å². The molecule has 0 aromatic carbocycles. The van der Waals surface area contributed by atoms with Crippen LogP contribution in [0.4, 0.5) is 0 Å². The summed E-state index contributed by atoms with van der Waals surface area (Å²) < 4.78 is 0. The van der Waals surface area contributed by atoms with E-state index < -0.39 is 0 Å². The first-order chi connectivity index (χ1) is 4.99. The fourth-order valence-corrected chi connectivity index (χ4v) is 0.986. The van der Waals surface area contributed by atoms with E-state index >= 15 is 0 Å². The van der Waals surface area contributed by atoms with Gasteiger partial charge in [0, 0.05) is 5.54 Å². The van der Waals surface area contributed by atoms with Gasteiger partial charge in [-0.25, -0.2) is 0 Å². The van der Waals surface area contributed by atoms with Gasteiger partial charge in [0.15, 0.2) is 0 Å². The maximum Gasteiger partial charge on any atom is 0.0109 e. The molecule has 0 heterocycles. The molecule has 2 nitrogen and oxygen atoms in total. The van der Waals surface area contributed by atoms with Gasteiger partial charge >= 0.3 is 0 Å². The molecule has 0 rings (SSSR count). The van der Waals surface area contributed by atoms with Crippen molar-refractivity contribution in [3.8, 4) is 0 Å². The van der Waals surface area contributed by atoms with Crippen LogP contribution < -0.4 is 5.73 Å². The zero-order valence-corrected chi connectivity index (χ0v) is 8.35. The van der Waals surface area contributed by atoms with E-state index in [1.807, 2.05) is 0 Å². The van der Waals surface area contributed by atoms with Gasteiger partial charge < -0.3 is 10.6 Å². The van der Waals surface area contributed by atoms with Gasteiger partial charge in [0.2, 0.25) is 0 Å². The Balaban J connectivity index is 3.51. The maximum absolute atomic E-state index is 5.87. The van der Waals surface area contributed by atoms with Crippen molar-refractivity contribution in [3.05, 3.63) is 0 Å². The molecule has 0 aromatic rings. The molecule has 11 heavy (non-hydrogen) atoms. The lowest BCUT2D eigenvalue weighted by atomic mass is 10.0. The van der Waals surface area contributed by atoms with E-state index in [1.54, 1.807) is 0 Å². The van der Waals surface area contributed by atoms with Crippen LogP contribution in [0.25, 0.3) is 0 Å². The molecule has 0 saturated heterocycles. The fraction of sp³-hybridized carbons (Fsp3) is 1.00. The average molecular weight is 158 g/mol.